The van der Waals surface area contributed by atoms with Crippen molar-refractivity contribution in [3.8, 4) is 5.75 Å². The van der Waals surface area contributed by atoms with Gasteiger partial charge >= 0.3 is 5.97 Å². The maximum Gasteiger partial charge on any atom is 0.321 e. The van der Waals surface area contributed by atoms with Crippen LogP contribution in [0.3, 0.4) is 0 Å². The standard InChI is InChI=1S/C15H21NO6S/c1-15(2,3)22-14(18)11-16(9-10-17)23(19,20)13-7-5-12(21-4)6-8-13/h5-8,10H,9,11H2,1-4H3. The average Bonchev–Trinajstić information content (AvgIpc) is 2.45. The second kappa shape index (κ2) is 7.56. The molecule has 0 saturated carbocycles. The molecule has 128 valence electrons. The van der Waals surface area contributed by atoms with E-state index in [0.29, 0.717) is 12.0 Å². The fraction of sp³-hybridized carbons (Fsp3) is 0.467. The van der Waals surface area contributed by atoms with Crippen LogP contribution in [0.25, 0.3) is 0 Å². The van der Waals surface area contributed by atoms with E-state index >= 15 is 0 Å². The highest BCUT2D eigenvalue weighted by atomic mass is 32.2. The Balaban J connectivity index is 3.01. The summed E-state index contributed by atoms with van der Waals surface area (Å²) >= 11 is 0. The van der Waals surface area contributed by atoms with Crippen LogP contribution in [-0.2, 0) is 24.3 Å². The third-order valence-electron chi connectivity index (χ3n) is 2.70. The normalized spacial score (nSPS) is 12.0. The van der Waals surface area contributed by atoms with Crippen molar-refractivity contribution < 1.29 is 27.5 Å². The zero-order valence-corrected chi connectivity index (χ0v) is 14.4. The zero-order valence-electron chi connectivity index (χ0n) is 13.6. The molecule has 0 spiro atoms. The fourth-order valence-electron chi connectivity index (χ4n) is 1.75. The first-order valence-corrected chi connectivity index (χ1v) is 8.34. The summed E-state index contributed by atoms with van der Waals surface area (Å²) in [6.07, 6.45) is 0.422. The van der Waals surface area contributed by atoms with E-state index in [-0.39, 0.29) is 4.90 Å². The van der Waals surface area contributed by atoms with Crippen LogP contribution in [0.4, 0.5) is 0 Å². The van der Waals surface area contributed by atoms with Gasteiger partial charge in [-0.25, -0.2) is 8.42 Å². The number of carbonyl (C=O) groups is 2. The molecule has 0 unspecified atom stereocenters. The van der Waals surface area contributed by atoms with Gasteiger partial charge in [0.15, 0.2) is 0 Å². The molecule has 0 aliphatic carbocycles. The summed E-state index contributed by atoms with van der Waals surface area (Å²) in [5.41, 5.74) is -0.742. The van der Waals surface area contributed by atoms with Crippen LogP contribution in [0.15, 0.2) is 29.2 Å². The van der Waals surface area contributed by atoms with E-state index in [1.807, 2.05) is 0 Å². The van der Waals surface area contributed by atoms with Crippen molar-refractivity contribution in [2.75, 3.05) is 20.2 Å². The molecule has 0 aliphatic heterocycles. The van der Waals surface area contributed by atoms with Gasteiger partial charge in [0.1, 0.15) is 24.2 Å². The van der Waals surface area contributed by atoms with Crippen molar-refractivity contribution in [1.82, 2.24) is 4.31 Å². The van der Waals surface area contributed by atoms with Crippen molar-refractivity contribution >= 4 is 22.3 Å². The Bertz CT molecular complexity index is 646. The van der Waals surface area contributed by atoms with Gasteiger partial charge in [-0.05, 0) is 45.0 Å². The molecule has 0 fully saturated rings. The molecule has 0 aromatic heterocycles. The number of benzene rings is 1. The van der Waals surface area contributed by atoms with Crippen LogP contribution in [0.2, 0.25) is 0 Å². The predicted octanol–water partition coefficient (Wildman–Crippen LogP) is 1.23. The Hall–Kier alpha value is -1.93. The summed E-state index contributed by atoms with van der Waals surface area (Å²) < 4.78 is 35.9. The Kier molecular flexibility index (Phi) is 6.28. The van der Waals surface area contributed by atoms with Crippen LogP contribution < -0.4 is 4.74 Å². The van der Waals surface area contributed by atoms with E-state index in [1.165, 1.54) is 31.4 Å². The third-order valence-corrected chi connectivity index (χ3v) is 4.53. The van der Waals surface area contributed by atoms with Crippen molar-refractivity contribution in [2.45, 2.75) is 31.3 Å². The SMILES string of the molecule is COc1ccc(S(=O)(=O)N(CC=O)CC(=O)OC(C)(C)C)cc1. The van der Waals surface area contributed by atoms with Crippen molar-refractivity contribution in [3.63, 3.8) is 0 Å². The number of ether oxygens (including phenoxy) is 2. The maximum atomic E-state index is 12.5. The summed E-state index contributed by atoms with van der Waals surface area (Å²) in [4.78, 5) is 22.6. The van der Waals surface area contributed by atoms with Gasteiger partial charge in [-0.15, -0.1) is 0 Å². The third kappa shape index (κ3) is 5.65. The van der Waals surface area contributed by atoms with Gasteiger partial charge in [-0.2, -0.15) is 4.31 Å². The number of hydrogen-bond donors (Lipinski definition) is 0. The summed E-state index contributed by atoms with van der Waals surface area (Å²) in [6.45, 7) is 4.05. The lowest BCUT2D eigenvalue weighted by molar-refractivity contribution is -0.154. The lowest BCUT2D eigenvalue weighted by atomic mass is 10.2. The van der Waals surface area contributed by atoms with Gasteiger partial charge in [0.05, 0.1) is 18.6 Å². The highest BCUT2D eigenvalue weighted by molar-refractivity contribution is 7.89. The summed E-state index contributed by atoms with van der Waals surface area (Å²) in [5, 5.41) is 0. The molecule has 0 bridgehead atoms. The Morgan fingerprint density at radius 1 is 1.22 bits per heavy atom. The Morgan fingerprint density at radius 2 is 1.78 bits per heavy atom. The highest BCUT2D eigenvalue weighted by Gasteiger charge is 2.28. The molecule has 0 atom stereocenters. The van der Waals surface area contributed by atoms with Crippen LogP contribution in [0, 0.1) is 0 Å². The number of aldehydes is 1. The Morgan fingerprint density at radius 3 is 2.22 bits per heavy atom. The number of nitrogens with zero attached hydrogens (tertiary/aromatic N) is 1. The second-order valence-electron chi connectivity index (χ2n) is 5.73. The van der Waals surface area contributed by atoms with E-state index in [2.05, 4.69) is 0 Å². The van der Waals surface area contributed by atoms with Crippen molar-refractivity contribution in [1.29, 1.82) is 0 Å². The monoisotopic (exact) mass is 343 g/mol. The molecule has 0 amide bonds. The molecule has 8 heteroatoms. The van der Waals surface area contributed by atoms with E-state index in [0.717, 1.165) is 4.31 Å². The smallest absolute Gasteiger partial charge is 0.321 e. The molecule has 7 nitrogen and oxygen atoms in total. The quantitative estimate of drug-likeness (QED) is 0.546. The van der Waals surface area contributed by atoms with Crippen LogP contribution in [0.5, 0.6) is 5.75 Å². The topological polar surface area (TPSA) is 90.0 Å². The first-order chi connectivity index (χ1) is 10.6. The zero-order chi connectivity index (χ0) is 17.7. The van der Waals surface area contributed by atoms with Crippen LogP contribution in [-0.4, -0.2) is 50.8 Å². The van der Waals surface area contributed by atoms with Gasteiger partial charge in [0, 0.05) is 0 Å². The second-order valence-corrected chi connectivity index (χ2v) is 7.66. The van der Waals surface area contributed by atoms with Gasteiger partial charge < -0.3 is 14.3 Å². The minimum atomic E-state index is -3.99. The first kappa shape index (κ1) is 19.1. The molecule has 1 aromatic carbocycles. The molecule has 0 aliphatic rings. The lowest BCUT2D eigenvalue weighted by Crippen LogP contribution is -2.39. The van der Waals surface area contributed by atoms with Gasteiger partial charge in [0.25, 0.3) is 0 Å². The molecule has 0 N–H and O–H groups in total. The van der Waals surface area contributed by atoms with Crippen LogP contribution >= 0.6 is 0 Å². The molecule has 1 aromatic rings. The minimum absolute atomic E-state index is 0.0382. The fourth-order valence-corrected chi connectivity index (χ4v) is 3.06. The number of methoxy groups -OCH3 is 1. The summed E-state index contributed by atoms with van der Waals surface area (Å²) in [5.74, 6) is -0.227. The van der Waals surface area contributed by atoms with E-state index < -0.39 is 34.7 Å². The van der Waals surface area contributed by atoms with E-state index in [1.54, 1.807) is 20.8 Å². The molecule has 0 radical (unpaired) electrons. The van der Waals surface area contributed by atoms with Crippen LogP contribution in [0.1, 0.15) is 20.8 Å². The van der Waals surface area contributed by atoms with Gasteiger partial charge in [0.2, 0.25) is 10.0 Å². The number of carbonyl (C=O) groups excluding carboxylic acids is 2. The van der Waals surface area contributed by atoms with Gasteiger partial charge in [-0.1, -0.05) is 0 Å². The first-order valence-electron chi connectivity index (χ1n) is 6.90. The average molecular weight is 343 g/mol. The Labute approximate surface area is 136 Å². The molecule has 1 rings (SSSR count). The number of esters is 1. The molecular weight excluding hydrogens is 322 g/mol. The lowest BCUT2D eigenvalue weighted by Gasteiger charge is -2.23. The van der Waals surface area contributed by atoms with E-state index in [9.17, 15) is 18.0 Å². The summed E-state index contributed by atoms with van der Waals surface area (Å²) in [7, 11) is -2.53. The van der Waals surface area contributed by atoms with E-state index in [4.69, 9.17) is 9.47 Å². The summed E-state index contributed by atoms with van der Waals surface area (Å²) in [6, 6.07) is 5.67. The number of sulfonamides is 1. The van der Waals surface area contributed by atoms with Crippen molar-refractivity contribution in [2.24, 2.45) is 0 Å². The molecular formula is C15H21NO6S. The molecule has 0 heterocycles. The number of hydrogen-bond acceptors (Lipinski definition) is 6. The highest BCUT2D eigenvalue weighted by Crippen LogP contribution is 2.19. The predicted molar refractivity (Wildman–Crippen MR) is 83.7 cm³/mol. The minimum Gasteiger partial charge on any atom is -0.497 e. The van der Waals surface area contributed by atoms with Crippen molar-refractivity contribution in [3.05, 3.63) is 24.3 Å². The molecule has 0 saturated heterocycles. The molecule has 23 heavy (non-hydrogen) atoms. The van der Waals surface area contributed by atoms with Gasteiger partial charge in [-0.3, -0.25) is 4.79 Å². The number of rotatable bonds is 7. The largest absolute Gasteiger partial charge is 0.497 e. The maximum absolute atomic E-state index is 12.5.